The van der Waals surface area contributed by atoms with Crippen LogP contribution in [0.15, 0.2) is 24.3 Å². The predicted molar refractivity (Wildman–Crippen MR) is 130 cm³/mol. The molecular weight excluding hydrogens is 469 g/mol. The lowest BCUT2D eigenvalue weighted by Gasteiger charge is -2.19. The number of hydrogen-bond acceptors (Lipinski definition) is 2. The van der Waals surface area contributed by atoms with Crippen molar-refractivity contribution in [2.24, 2.45) is 0 Å². The van der Waals surface area contributed by atoms with E-state index in [9.17, 15) is 0 Å². The van der Waals surface area contributed by atoms with Gasteiger partial charge < -0.3 is 9.05 Å². The van der Waals surface area contributed by atoms with Crippen LogP contribution in [0, 0.1) is 13.8 Å². The van der Waals surface area contributed by atoms with Crippen molar-refractivity contribution in [1.29, 1.82) is 0 Å². The summed E-state index contributed by atoms with van der Waals surface area (Å²) >= 11 is 24.1. The molecule has 2 rings (SSSR count). The van der Waals surface area contributed by atoms with E-state index in [2.05, 4.69) is 26.0 Å². The molecule has 0 bridgehead atoms. The Balaban J connectivity index is 2.21. The second-order valence-corrected chi connectivity index (χ2v) is 8.81. The first kappa shape index (κ1) is 24.9. The van der Waals surface area contributed by atoms with E-state index in [4.69, 9.17) is 55.5 Å². The summed E-state index contributed by atoms with van der Waals surface area (Å²) in [5, 5.41) is 0. The zero-order valence-electron chi connectivity index (χ0n) is 16.8. The molecule has 0 atom stereocenters. The Morgan fingerprint density at radius 3 is 1.28 bits per heavy atom. The van der Waals surface area contributed by atoms with Crippen molar-refractivity contribution in [3.63, 3.8) is 0 Å². The van der Waals surface area contributed by atoms with E-state index in [1.165, 1.54) is 22.3 Å². The highest BCUT2D eigenvalue weighted by Gasteiger charge is 2.15. The molecule has 0 N–H and O–H groups in total. The van der Waals surface area contributed by atoms with Crippen LogP contribution in [0.5, 0.6) is 11.5 Å². The standard InChI is InChI=1S/C22H27Cl4O2P/c1-15-3-5-21(19(9-13-25)17(15)7-11-23)27-29-28-22-6-4-16(2)18(8-12-24)20(22)10-14-26/h3-6,29H,7-14H2,1-2H3. The van der Waals surface area contributed by atoms with Gasteiger partial charge in [-0.3, -0.25) is 0 Å². The molecule has 2 aromatic carbocycles. The molecule has 0 fully saturated rings. The quantitative estimate of drug-likeness (QED) is 0.225. The molecule has 0 aliphatic carbocycles. The minimum atomic E-state index is -0.173. The summed E-state index contributed by atoms with van der Waals surface area (Å²) < 4.78 is 12.1. The van der Waals surface area contributed by atoms with Gasteiger partial charge in [0.2, 0.25) is 0 Å². The molecule has 7 heteroatoms. The third kappa shape index (κ3) is 6.81. The zero-order valence-corrected chi connectivity index (χ0v) is 20.8. The van der Waals surface area contributed by atoms with Crippen molar-refractivity contribution >= 4 is 55.4 Å². The van der Waals surface area contributed by atoms with E-state index in [1.54, 1.807) is 0 Å². The molecule has 0 heterocycles. The van der Waals surface area contributed by atoms with E-state index in [0.717, 1.165) is 48.3 Å². The van der Waals surface area contributed by atoms with Crippen LogP contribution in [-0.4, -0.2) is 23.5 Å². The van der Waals surface area contributed by atoms with E-state index in [0.29, 0.717) is 23.5 Å². The summed E-state index contributed by atoms with van der Waals surface area (Å²) in [6.07, 6.45) is 3.05. The molecule has 29 heavy (non-hydrogen) atoms. The first-order valence-electron chi connectivity index (χ1n) is 9.62. The van der Waals surface area contributed by atoms with Crippen molar-refractivity contribution in [1.82, 2.24) is 0 Å². The lowest BCUT2D eigenvalue weighted by Crippen LogP contribution is -2.04. The molecule has 160 valence electrons. The Labute approximate surface area is 196 Å². The third-order valence-corrected chi connectivity index (χ3v) is 6.29. The van der Waals surface area contributed by atoms with Gasteiger partial charge in [0.15, 0.2) is 0 Å². The molecule has 0 amide bonds. The highest BCUT2D eigenvalue weighted by atomic mass is 35.5. The number of alkyl halides is 4. The van der Waals surface area contributed by atoms with Crippen molar-refractivity contribution in [2.75, 3.05) is 23.5 Å². The first-order valence-corrected chi connectivity index (χ1v) is 12.6. The summed E-state index contributed by atoms with van der Waals surface area (Å²) in [6, 6.07) is 8.09. The summed E-state index contributed by atoms with van der Waals surface area (Å²) in [5.41, 5.74) is 7.07. The van der Waals surface area contributed by atoms with Crippen LogP contribution in [0.3, 0.4) is 0 Å². The van der Waals surface area contributed by atoms with Crippen molar-refractivity contribution < 1.29 is 9.05 Å². The molecule has 2 aromatic rings. The largest absolute Gasteiger partial charge is 0.440 e. The fourth-order valence-corrected chi connectivity index (χ4v) is 4.86. The van der Waals surface area contributed by atoms with Crippen LogP contribution in [0.25, 0.3) is 0 Å². The SMILES string of the molecule is Cc1ccc(OPOc2ccc(C)c(CCCl)c2CCCl)c(CCCl)c1CCCl. The molecule has 0 aliphatic rings. The van der Waals surface area contributed by atoms with Gasteiger partial charge in [0.25, 0.3) is 9.03 Å². The lowest BCUT2D eigenvalue weighted by atomic mass is 9.97. The number of halogens is 4. The summed E-state index contributed by atoms with van der Waals surface area (Å²) in [4.78, 5) is 0. The van der Waals surface area contributed by atoms with Crippen molar-refractivity contribution in [3.8, 4) is 11.5 Å². The van der Waals surface area contributed by atoms with E-state index in [-0.39, 0.29) is 9.03 Å². The van der Waals surface area contributed by atoms with Crippen molar-refractivity contribution in [3.05, 3.63) is 57.6 Å². The first-order chi connectivity index (χ1) is 14.1. The second kappa shape index (κ2) is 13.1. The maximum atomic E-state index is 6.04. The van der Waals surface area contributed by atoms with Gasteiger partial charge in [0, 0.05) is 23.5 Å². The Morgan fingerprint density at radius 1 is 0.586 bits per heavy atom. The molecule has 0 unspecified atom stereocenters. The monoisotopic (exact) mass is 494 g/mol. The van der Waals surface area contributed by atoms with Gasteiger partial charge in [0.05, 0.1) is 0 Å². The maximum Gasteiger partial charge on any atom is 0.275 e. The van der Waals surface area contributed by atoms with E-state index >= 15 is 0 Å². The minimum absolute atomic E-state index is 0.173. The van der Waals surface area contributed by atoms with Crippen molar-refractivity contribution in [2.45, 2.75) is 39.5 Å². The molecule has 2 nitrogen and oxygen atoms in total. The minimum Gasteiger partial charge on any atom is -0.440 e. The summed E-state index contributed by atoms with van der Waals surface area (Å²) in [7, 11) is -0.173. The lowest BCUT2D eigenvalue weighted by molar-refractivity contribution is 0.507. The fraction of sp³-hybridized carbons (Fsp3) is 0.455. The van der Waals surface area contributed by atoms with Gasteiger partial charge in [0.1, 0.15) is 11.5 Å². The van der Waals surface area contributed by atoms with Gasteiger partial charge in [-0.1, -0.05) is 12.1 Å². The van der Waals surface area contributed by atoms with Crippen LogP contribution >= 0.6 is 55.4 Å². The van der Waals surface area contributed by atoms with Crippen LogP contribution in [0.4, 0.5) is 0 Å². The molecule has 0 saturated carbocycles. The molecule has 0 spiro atoms. The average molecular weight is 496 g/mol. The van der Waals surface area contributed by atoms with Crippen LogP contribution in [0.2, 0.25) is 0 Å². The van der Waals surface area contributed by atoms with E-state index < -0.39 is 0 Å². The Hall–Kier alpha value is -0.370. The number of benzene rings is 2. The Morgan fingerprint density at radius 2 is 0.931 bits per heavy atom. The van der Waals surface area contributed by atoms with Gasteiger partial charge in [-0.25, -0.2) is 0 Å². The highest BCUT2D eigenvalue weighted by Crippen LogP contribution is 2.35. The normalized spacial score (nSPS) is 11.0. The van der Waals surface area contributed by atoms with Gasteiger partial charge in [-0.15, -0.1) is 46.4 Å². The average Bonchev–Trinajstić information content (AvgIpc) is 2.71. The molecule has 0 aromatic heterocycles. The fourth-order valence-electron chi connectivity index (χ4n) is 3.50. The molecule has 0 aliphatic heterocycles. The maximum absolute atomic E-state index is 6.04. The van der Waals surface area contributed by atoms with Gasteiger partial charge >= 0.3 is 0 Å². The number of rotatable bonds is 12. The Bertz CT molecular complexity index is 733. The van der Waals surface area contributed by atoms with E-state index in [1.807, 2.05) is 12.1 Å². The summed E-state index contributed by atoms with van der Waals surface area (Å²) in [6.45, 7) is 4.18. The highest BCUT2D eigenvalue weighted by molar-refractivity contribution is 7.27. The summed E-state index contributed by atoms with van der Waals surface area (Å²) in [5.74, 6) is 3.79. The number of aryl methyl sites for hydroxylation is 2. The molecular formula is C22H27Cl4O2P. The van der Waals surface area contributed by atoms with Crippen LogP contribution < -0.4 is 9.05 Å². The van der Waals surface area contributed by atoms with Gasteiger partial charge in [-0.2, -0.15) is 0 Å². The number of hydrogen-bond donors (Lipinski definition) is 0. The zero-order chi connectivity index (χ0) is 21.2. The topological polar surface area (TPSA) is 18.5 Å². The molecule has 0 saturated heterocycles. The van der Waals surface area contributed by atoms with Crippen LogP contribution in [-0.2, 0) is 25.7 Å². The smallest absolute Gasteiger partial charge is 0.275 e. The van der Waals surface area contributed by atoms with Gasteiger partial charge in [-0.05, 0) is 85.0 Å². The predicted octanol–water partition coefficient (Wildman–Crippen LogP) is 7.39. The second-order valence-electron chi connectivity index (χ2n) is 6.72. The Kier molecular flexibility index (Phi) is 11.3. The van der Waals surface area contributed by atoms with Crippen LogP contribution in [0.1, 0.15) is 33.4 Å². The third-order valence-electron chi connectivity index (χ3n) is 4.93. The molecule has 0 radical (unpaired) electrons.